The SMILES string of the molecule is CC[C@@H](C)NC(=O)[C@H](CC)N(Cc1ccccc1)C(=O)Cc1ccccc1Cl. The number of hydrogen-bond acceptors (Lipinski definition) is 2. The van der Waals surface area contributed by atoms with E-state index in [2.05, 4.69) is 5.32 Å². The van der Waals surface area contributed by atoms with Gasteiger partial charge in [-0.05, 0) is 37.0 Å². The molecule has 0 aliphatic rings. The van der Waals surface area contributed by atoms with Gasteiger partial charge in [-0.15, -0.1) is 0 Å². The van der Waals surface area contributed by atoms with E-state index in [4.69, 9.17) is 11.6 Å². The second-order valence-electron chi connectivity index (χ2n) is 7.02. The highest BCUT2D eigenvalue weighted by molar-refractivity contribution is 6.31. The number of carbonyl (C=O) groups excluding carboxylic acids is 2. The number of nitrogens with one attached hydrogen (secondary N) is 1. The fraction of sp³-hybridized carbons (Fsp3) is 0.391. The van der Waals surface area contributed by atoms with E-state index < -0.39 is 6.04 Å². The van der Waals surface area contributed by atoms with Gasteiger partial charge in [0.05, 0.1) is 6.42 Å². The van der Waals surface area contributed by atoms with Crippen LogP contribution >= 0.6 is 11.6 Å². The standard InChI is InChI=1S/C23H29ClN2O2/c1-4-17(3)25-23(28)21(5-2)26(16-18-11-7-6-8-12-18)22(27)15-19-13-9-10-14-20(19)24/h6-14,17,21H,4-5,15-16H2,1-3H3,(H,25,28)/t17-,21+/m1/s1. The molecule has 0 aromatic heterocycles. The lowest BCUT2D eigenvalue weighted by Crippen LogP contribution is -2.51. The van der Waals surface area contributed by atoms with Crippen LogP contribution in [0.2, 0.25) is 5.02 Å². The van der Waals surface area contributed by atoms with E-state index in [0.717, 1.165) is 17.5 Å². The highest BCUT2D eigenvalue weighted by atomic mass is 35.5. The molecule has 4 nitrogen and oxygen atoms in total. The van der Waals surface area contributed by atoms with Crippen LogP contribution in [-0.2, 0) is 22.6 Å². The molecule has 2 rings (SSSR count). The van der Waals surface area contributed by atoms with Gasteiger partial charge in [-0.2, -0.15) is 0 Å². The number of benzene rings is 2. The second-order valence-corrected chi connectivity index (χ2v) is 7.42. The topological polar surface area (TPSA) is 49.4 Å². The largest absolute Gasteiger partial charge is 0.352 e. The Kier molecular flexibility index (Phi) is 8.52. The number of rotatable bonds is 9. The normalized spacial score (nSPS) is 12.9. The molecule has 1 N–H and O–H groups in total. The van der Waals surface area contributed by atoms with Crippen LogP contribution in [0, 0.1) is 0 Å². The van der Waals surface area contributed by atoms with Crippen LogP contribution < -0.4 is 5.32 Å². The first-order chi connectivity index (χ1) is 13.5. The third kappa shape index (κ3) is 6.10. The lowest BCUT2D eigenvalue weighted by Gasteiger charge is -2.31. The van der Waals surface area contributed by atoms with Crippen LogP contribution in [0.25, 0.3) is 0 Å². The highest BCUT2D eigenvalue weighted by Crippen LogP contribution is 2.19. The summed E-state index contributed by atoms with van der Waals surface area (Å²) in [6, 6.07) is 16.6. The second kappa shape index (κ2) is 10.9. The molecule has 0 spiro atoms. The molecule has 28 heavy (non-hydrogen) atoms. The zero-order chi connectivity index (χ0) is 20.5. The van der Waals surface area contributed by atoms with Crippen LogP contribution in [0.5, 0.6) is 0 Å². The van der Waals surface area contributed by atoms with Crippen molar-refractivity contribution in [3.05, 3.63) is 70.7 Å². The lowest BCUT2D eigenvalue weighted by molar-refractivity contribution is -0.141. The Hall–Kier alpha value is -2.33. The minimum atomic E-state index is -0.524. The number of nitrogens with zero attached hydrogens (tertiary/aromatic N) is 1. The van der Waals surface area contributed by atoms with Gasteiger partial charge in [-0.1, -0.05) is 74.0 Å². The molecule has 150 valence electrons. The highest BCUT2D eigenvalue weighted by Gasteiger charge is 2.29. The Morgan fingerprint density at radius 3 is 2.25 bits per heavy atom. The van der Waals surface area contributed by atoms with Gasteiger partial charge in [0.15, 0.2) is 0 Å². The number of amides is 2. The molecule has 0 aliphatic carbocycles. The molecule has 0 saturated heterocycles. The maximum Gasteiger partial charge on any atom is 0.243 e. The average Bonchev–Trinajstić information content (AvgIpc) is 2.70. The number of carbonyl (C=O) groups is 2. The molecule has 2 atom stereocenters. The molecule has 0 bridgehead atoms. The summed E-state index contributed by atoms with van der Waals surface area (Å²) in [5.41, 5.74) is 1.76. The van der Waals surface area contributed by atoms with Crippen molar-refractivity contribution < 1.29 is 9.59 Å². The van der Waals surface area contributed by atoms with Crippen LogP contribution in [0.15, 0.2) is 54.6 Å². The third-order valence-electron chi connectivity index (χ3n) is 4.88. The summed E-state index contributed by atoms with van der Waals surface area (Å²) in [5, 5.41) is 3.58. The first kappa shape index (κ1) is 22.0. The fourth-order valence-corrected chi connectivity index (χ4v) is 3.25. The quantitative estimate of drug-likeness (QED) is 0.668. The zero-order valence-corrected chi connectivity index (χ0v) is 17.6. The van der Waals surface area contributed by atoms with Gasteiger partial charge in [0, 0.05) is 17.6 Å². The van der Waals surface area contributed by atoms with Crippen molar-refractivity contribution in [2.45, 2.75) is 58.7 Å². The third-order valence-corrected chi connectivity index (χ3v) is 5.25. The van der Waals surface area contributed by atoms with Crippen LogP contribution in [0.1, 0.15) is 44.7 Å². The van der Waals surface area contributed by atoms with Crippen molar-refractivity contribution in [3.63, 3.8) is 0 Å². The monoisotopic (exact) mass is 400 g/mol. The van der Waals surface area contributed by atoms with Crippen molar-refractivity contribution in [2.24, 2.45) is 0 Å². The Morgan fingerprint density at radius 2 is 1.64 bits per heavy atom. The van der Waals surface area contributed by atoms with Gasteiger partial charge in [0.1, 0.15) is 6.04 Å². The van der Waals surface area contributed by atoms with Crippen molar-refractivity contribution in [1.82, 2.24) is 10.2 Å². The molecule has 5 heteroatoms. The molecular weight excluding hydrogens is 372 g/mol. The van der Waals surface area contributed by atoms with Crippen LogP contribution in [0.4, 0.5) is 0 Å². The lowest BCUT2D eigenvalue weighted by atomic mass is 10.1. The van der Waals surface area contributed by atoms with E-state index in [1.54, 1.807) is 11.0 Å². The van der Waals surface area contributed by atoms with E-state index in [-0.39, 0.29) is 24.3 Å². The average molecular weight is 401 g/mol. The smallest absolute Gasteiger partial charge is 0.243 e. The van der Waals surface area contributed by atoms with Crippen molar-refractivity contribution in [3.8, 4) is 0 Å². The number of hydrogen-bond donors (Lipinski definition) is 1. The van der Waals surface area contributed by atoms with Gasteiger partial charge >= 0.3 is 0 Å². The summed E-state index contributed by atoms with van der Waals surface area (Å²) in [7, 11) is 0. The summed E-state index contributed by atoms with van der Waals surface area (Å²) >= 11 is 6.25. The molecule has 0 unspecified atom stereocenters. The van der Waals surface area contributed by atoms with Crippen LogP contribution in [0.3, 0.4) is 0 Å². The van der Waals surface area contributed by atoms with Gasteiger partial charge in [-0.25, -0.2) is 0 Å². The molecule has 0 fully saturated rings. The van der Waals surface area contributed by atoms with E-state index >= 15 is 0 Å². The fourth-order valence-electron chi connectivity index (χ4n) is 3.05. The van der Waals surface area contributed by atoms with E-state index in [1.807, 2.05) is 69.3 Å². The maximum atomic E-state index is 13.2. The summed E-state index contributed by atoms with van der Waals surface area (Å²) < 4.78 is 0. The maximum absolute atomic E-state index is 13.2. The van der Waals surface area contributed by atoms with Gasteiger partial charge in [0.25, 0.3) is 0 Å². The van der Waals surface area contributed by atoms with Crippen molar-refractivity contribution >= 4 is 23.4 Å². The Balaban J connectivity index is 2.27. The molecular formula is C23H29ClN2O2. The zero-order valence-electron chi connectivity index (χ0n) is 16.8. The Bertz CT molecular complexity index is 779. The molecule has 0 heterocycles. The van der Waals surface area contributed by atoms with E-state index in [9.17, 15) is 9.59 Å². The Morgan fingerprint density at radius 1 is 1.00 bits per heavy atom. The van der Waals surface area contributed by atoms with Gasteiger partial charge in [0.2, 0.25) is 11.8 Å². The molecule has 2 amide bonds. The minimum absolute atomic E-state index is 0.0683. The summed E-state index contributed by atoms with van der Waals surface area (Å²) in [6.07, 6.45) is 1.55. The number of halogens is 1. The first-order valence-electron chi connectivity index (χ1n) is 9.83. The molecule has 2 aromatic carbocycles. The summed E-state index contributed by atoms with van der Waals surface area (Å²) in [5.74, 6) is -0.219. The molecule has 2 aromatic rings. The molecule has 0 radical (unpaired) electrons. The van der Waals surface area contributed by atoms with E-state index in [1.165, 1.54) is 0 Å². The van der Waals surface area contributed by atoms with Crippen LogP contribution in [-0.4, -0.2) is 28.8 Å². The van der Waals surface area contributed by atoms with Gasteiger partial charge in [-0.3, -0.25) is 9.59 Å². The predicted octanol–water partition coefficient (Wildman–Crippen LogP) is 4.60. The van der Waals surface area contributed by atoms with Gasteiger partial charge < -0.3 is 10.2 Å². The van der Waals surface area contributed by atoms with Crippen molar-refractivity contribution in [2.75, 3.05) is 0 Å². The van der Waals surface area contributed by atoms with Crippen molar-refractivity contribution in [1.29, 1.82) is 0 Å². The molecule has 0 aliphatic heterocycles. The minimum Gasteiger partial charge on any atom is -0.352 e. The first-order valence-corrected chi connectivity index (χ1v) is 10.2. The Labute approximate surface area is 172 Å². The summed E-state index contributed by atoms with van der Waals surface area (Å²) in [6.45, 7) is 6.31. The molecule has 0 saturated carbocycles. The predicted molar refractivity (Wildman–Crippen MR) is 114 cm³/mol. The van der Waals surface area contributed by atoms with E-state index in [0.29, 0.717) is 18.0 Å². The summed E-state index contributed by atoms with van der Waals surface area (Å²) in [4.78, 5) is 27.8.